The fraction of sp³-hybridized carbons (Fsp3) is 0.857. The van der Waals surface area contributed by atoms with Crippen molar-refractivity contribution in [1.82, 2.24) is 10.6 Å². The Balaban J connectivity index is 4.50. The molecule has 112 valence electrons. The van der Waals surface area contributed by atoms with Crippen molar-refractivity contribution in [3.8, 4) is 0 Å². The minimum atomic E-state index is -1.02. The van der Waals surface area contributed by atoms with Crippen molar-refractivity contribution in [3.63, 3.8) is 0 Å². The molecule has 0 heterocycles. The van der Waals surface area contributed by atoms with Crippen LogP contribution in [0.25, 0.3) is 0 Å². The summed E-state index contributed by atoms with van der Waals surface area (Å²) < 4.78 is 0. The third-order valence-electron chi connectivity index (χ3n) is 3.66. The molecule has 19 heavy (non-hydrogen) atoms. The standard InChI is InChI=1S/C14H28N2O3/c1-9(2)14(6,7)8-15-12(19)16-10(11(17)18)13(3,4)5/h9-10H,8H2,1-7H3,(H,17,18)(H2,15,16,19)/t10-/m0/s1. The molecule has 0 rings (SSSR count). The molecule has 0 aliphatic carbocycles. The normalized spacial score (nSPS) is 14.1. The van der Waals surface area contributed by atoms with E-state index in [1.165, 1.54) is 0 Å². The van der Waals surface area contributed by atoms with Crippen LogP contribution in [0.15, 0.2) is 0 Å². The van der Waals surface area contributed by atoms with Crippen LogP contribution >= 0.6 is 0 Å². The minimum absolute atomic E-state index is 0.0300. The molecule has 0 aliphatic heterocycles. The van der Waals surface area contributed by atoms with Gasteiger partial charge in [0.2, 0.25) is 0 Å². The Morgan fingerprint density at radius 3 is 1.89 bits per heavy atom. The molecular weight excluding hydrogens is 244 g/mol. The van der Waals surface area contributed by atoms with Crippen LogP contribution in [-0.4, -0.2) is 29.7 Å². The van der Waals surface area contributed by atoms with Gasteiger partial charge in [0.05, 0.1) is 0 Å². The fourth-order valence-electron chi connectivity index (χ4n) is 1.34. The highest BCUT2D eigenvalue weighted by molar-refractivity contribution is 5.83. The first-order valence-corrected chi connectivity index (χ1v) is 6.65. The molecule has 0 fully saturated rings. The lowest BCUT2D eigenvalue weighted by atomic mass is 9.81. The van der Waals surface area contributed by atoms with Crippen LogP contribution in [0, 0.1) is 16.7 Å². The van der Waals surface area contributed by atoms with Gasteiger partial charge in [-0.15, -0.1) is 0 Å². The van der Waals surface area contributed by atoms with Crippen LogP contribution in [0.2, 0.25) is 0 Å². The second-order valence-electron chi connectivity index (χ2n) is 7.11. The topological polar surface area (TPSA) is 78.4 Å². The SMILES string of the molecule is CC(C)C(C)(C)CNC(=O)N[C@@H](C(=O)O)C(C)(C)C. The van der Waals surface area contributed by atoms with Crippen LogP contribution in [0.1, 0.15) is 48.5 Å². The van der Waals surface area contributed by atoms with E-state index in [2.05, 4.69) is 38.3 Å². The molecular formula is C14H28N2O3. The van der Waals surface area contributed by atoms with Crippen molar-refractivity contribution in [2.45, 2.75) is 54.5 Å². The van der Waals surface area contributed by atoms with Gasteiger partial charge in [0.25, 0.3) is 0 Å². The van der Waals surface area contributed by atoms with Gasteiger partial charge in [0.15, 0.2) is 0 Å². The van der Waals surface area contributed by atoms with Gasteiger partial charge < -0.3 is 15.7 Å². The summed E-state index contributed by atoms with van der Waals surface area (Å²) in [6, 6.07) is -1.34. The lowest BCUT2D eigenvalue weighted by Gasteiger charge is -2.31. The summed E-state index contributed by atoms with van der Waals surface area (Å²) in [5.74, 6) is -0.601. The Morgan fingerprint density at radius 2 is 1.58 bits per heavy atom. The smallest absolute Gasteiger partial charge is 0.326 e. The number of amides is 2. The van der Waals surface area contributed by atoms with Gasteiger partial charge in [-0.2, -0.15) is 0 Å². The Labute approximate surface area is 116 Å². The molecule has 0 saturated heterocycles. The number of rotatable bonds is 5. The molecule has 2 amide bonds. The molecule has 0 aliphatic rings. The van der Waals surface area contributed by atoms with Gasteiger partial charge in [-0.05, 0) is 16.7 Å². The molecule has 1 atom stereocenters. The van der Waals surface area contributed by atoms with Crippen molar-refractivity contribution in [3.05, 3.63) is 0 Å². The fourth-order valence-corrected chi connectivity index (χ4v) is 1.34. The van der Waals surface area contributed by atoms with Crippen molar-refractivity contribution >= 4 is 12.0 Å². The number of carbonyl (C=O) groups excluding carboxylic acids is 1. The van der Waals surface area contributed by atoms with E-state index in [4.69, 9.17) is 5.11 Å². The lowest BCUT2D eigenvalue weighted by molar-refractivity contribution is -0.141. The highest BCUT2D eigenvalue weighted by atomic mass is 16.4. The molecule has 0 radical (unpaired) electrons. The summed E-state index contributed by atoms with van der Waals surface area (Å²) in [6.45, 7) is 14.2. The molecule has 0 bridgehead atoms. The van der Waals surface area contributed by atoms with Crippen LogP contribution < -0.4 is 10.6 Å². The molecule has 0 unspecified atom stereocenters. The van der Waals surface area contributed by atoms with E-state index >= 15 is 0 Å². The van der Waals surface area contributed by atoms with Crippen LogP contribution in [-0.2, 0) is 4.79 Å². The minimum Gasteiger partial charge on any atom is -0.480 e. The summed E-state index contributed by atoms with van der Waals surface area (Å²) in [4.78, 5) is 22.9. The third kappa shape index (κ3) is 5.94. The molecule has 0 saturated carbocycles. The third-order valence-corrected chi connectivity index (χ3v) is 3.66. The molecule has 0 aromatic rings. The average Bonchev–Trinajstić information content (AvgIpc) is 2.20. The molecule has 3 N–H and O–H groups in total. The van der Waals surface area contributed by atoms with Gasteiger partial charge in [-0.3, -0.25) is 0 Å². The van der Waals surface area contributed by atoms with E-state index < -0.39 is 23.5 Å². The van der Waals surface area contributed by atoms with E-state index in [1.54, 1.807) is 20.8 Å². The van der Waals surface area contributed by atoms with Crippen molar-refractivity contribution < 1.29 is 14.7 Å². The van der Waals surface area contributed by atoms with E-state index in [0.29, 0.717) is 12.5 Å². The summed E-state index contributed by atoms with van der Waals surface area (Å²) in [5, 5.41) is 14.4. The van der Waals surface area contributed by atoms with Gasteiger partial charge in [0, 0.05) is 6.54 Å². The molecule has 0 aromatic carbocycles. The van der Waals surface area contributed by atoms with Gasteiger partial charge in [0.1, 0.15) is 6.04 Å². The van der Waals surface area contributed by atoms with Crippen LogP contribution in [0.5, 0.6) is 0 Å². The molecule has 0 spiro atoms. The molecule has 5 nitrogen and oxygen atoms in total. The molecule has 0 aromatic heterocycles. The number of carboxylic acid groups (broad SMARTS) is 1. The maximum absolute atomic E-state index is 11.8. The van der Waals surface area contributed by atoms with E-state index in [1.807, 2.05) is 0 Å². The number of hydrogen-bond donors (Lipinski definition) is 3. The predicted octanol–water partition coefficient (Wildman–Crippen LogP) is 2.47. The van der Waals surface area contributed by atoms with Crippen molar-refractivity contribution in [2.75, 3.05) is 6.54 Å². The summed E-state index contributed by atoms with van der Waals surface area (Å²) in [5.41, 5.74) is -0.561. The number of urea groups is 1. The predicted molar refractivity (Wildman–Crippen MR) is 76.0 cm³/mol. The van der Waals surface area contributed by atoms with Crippen LogP contribution in [0.4, 0.5) is 4.79 Å². The van der Waals surface area contributed by atoms with E-state index in [0.717, 1.165) is 0 Å². The number of carboxylic acids is 1. The summed E-state index contributed by atoms with van der Waals surface area (Å²) in [6.07, 6.45) is 0. The Kier molecular flexibility index (Phi) is 5.84. The second kappa shape index (κ2) is 6.26. The second-order valence-corrected chi connectivity index (χ2v) is 7.11. The zero-order valence-corrected chi connectivity index (χ0v) is 13.1. The van der Waals surface area contributed by atoms with Crippen LogP contribution in [0.3, 0.4) is 0 Å². The quantitative estimate of drug-likeness (QED) is 0.719. The lowest BCUT2D eigenvalue weighted by Crippen LogP contribution is -2.53. The zero-order valence-electron chi connectivity index (χ0n) is 13.1. The van der Waals surface area contributed by atoms with Crippen molar-refractivity contribution in [2.24, 2.45) is 16.7 Å². The first-order chi connectivity index (χ1) is 8.38. The van der Waals surface area contributed by atoms with E-state index in [9.17, 15) is 9.59 Å². The first kappa shape index (κ1) is 17.7. The van der Waals surface area contributed by atoms with E-state index in [-0.39, 0.29) is 5.41 Å². The zero-order chi connectivity index (χ0) is 15.4. The average molecular weight is 272 g/mol. The van der Waals surface area contributed by atoms with Gasteiger partial charge >= 0.3 is 12.0 Å². The summed E-state index contributed by atoms with van der Waals surface area (Å²) >= 11 is 0. The van der Waals surface area contributed by atoms with Gasteiger partial charge in [-0.25, -0.2) is 9.59 Å². The Bertz CT molecular complexity index is 330. The highest BCUT2D eigenvalue weighted by Crippen LogP contribution is 2.24. The first-order valence-electron chi connectivity index (χ1n) is 6.65. The largest absolute Gasteiger partial charge is 0.480 e. The maximum atomic E-state index is 11.8. The number of hydrogen-bond acceptors (Lipinski definition) is 2. The monoisotopic (exact) mass is 272 g/mol. The Hall–Kier alpha value is -1.26. The number of aliphatic carboxylic acids is 1. The van der Waals surface area contributed by atoms with Gasteiger partial charge in [-0.1, -0.05) is 48.5 Å². The van der Waals surface area contributed by atoms with Crippen molar-refractivity contribution in [1.29, 1.82) is 0 Å². The number of nitrogens with one attached hydrogen (secondary N) is 2. The summed E-state index contributed by atoms with van der Waals surface area (Å²) in [7, 11) is 0. The Morgan fingerprint density at radius 1 is 1.11 bits per heavy atom. The highest BCUT2D eigenvalue weighted by Gasteiger charge is 2.33. The number of carbonyl (C=O) groups is 2. The maximum Gasteiger partial charge on any atom is 0.326 e. The molecule has 5 heteroatoms.